The van der Waals surface area contributed by atoms with Gasteiger partial charge in [0, 0.05) is 12.0 Å². The van der Waals surface area contributed by atoms with E-state index in [1.807, 2.05) is 48.5 Å². The van der Waals surface area contributed by atoms with Crippen LogP contribution in [0.25, 0.3) is 0 Å². The maximum atomic E-state index is 9.64. The van der Waals surface area contributed by atoms with E-state index in [-0.39, 0.29) is 6.61 Å². The second-order valence-corrected chi connectivity index (χ2v) is 4.76. The van der Waals surface area contributed by atoms with Crippen LogP contribution in [0.1, 0.15) is 11.1 Å². The maximum absolute atomic E-state index is 9.64. The van der Waals surface area contributed by atoms with Crippen LogP contribution in [0, 0.1) is 0 Å². The van der Waals surface area contributed by atoms with E-state index in [4.69, 9.17) is 14.6 Å². The molecule has 0 aliphatic rings. The molecule has 0 unspecified atom stereocenters. The summed E-state index contributed by atoms with van der Waals surface area (Å²) in [6, 6.07) is 15.4. The molecule has 0 saturated carbocycles. The molecule has 0 saturated heterocycles. The third-order valence-corrected chi connectivity index (χ3v) is 3.17. The standard InChI is InChI=1S/C17H20O4/c1-20-16-9-5-8-14(10-15(19)11-18)17(16)21-12-13-6-3-2-4-7-13/h2-9,15,18-19H,10-12H2,1H3/t15-/m0/s1. The molecule has 0 aromatic heterocycles. The van der Waals surface area contributed by atoms with Gasteiger partial charge >= 0.3 is 0 Å². The van der Waals surface area contributed by atoms with Crippen molar-refractivity contribution < 1.29 is 19.7 Å². The molecule has 2 N–H and O–H groups in total. The first-order valence-electron chi connectivity index (χ1n) is 6.86. The third kappa shape index (κ3) is 4.21. The van der Waals surface area contributed by atoms with Crippen LogP contribution < -0.4 is 9.47 Å². The summed E-state index contributed by atoms with van der Waals surface area (Å²) in [7, 11) is 1.58. The zero-order chi connectivity index (χ0) is 15.1. The first-order chi connectivity index (χ1) is 10.2. The molecule has 2 rings (SSSR count). The molecular formula is C17H20O4. The molecule has 112 valence electrons. The van der Waals surface area contributed by atoms with Crippen LogP contribution in [-0.2, 0) is 13.0 Å². The van der Waals surface area contributed by atoms with E-state index in [1.165, 1.54) is 0 Å². The van der Waals surface area contributed by atoms with Gasteiger partial charge in [-0.2, -0.15) is 0 Å². The summed E-state index contributed by atoms with van der Waals surface area (Å²) in [5, 5.41) is 18.6. The van der Waals surface area contributed by atoms with E-state index >= 15 is 0 Å². The lowest BCUT2D eigenvalue weighted by Crippen LogP contribution is -2.16. The Balaban J connectivity index is 2.18. The minimum Gasteiger partial charge on any atom is -0.493 e. The number of para-hydroxylation sites is 1. The molecule has 2 aromatic rings. The van der Waals surface area contributed by atoms with E-state index in [0.29, 0.717) is 24.5 Å². The lowest BCUT2D eigenvalue weighted by atomic mass is 10.1. The first-order valence-corrected chi connectivity index (χ1v) is 6.86. The first kappa shape index (κ1) is 15.4. The maximum Gasteiger partial charge on any atom is 0.164 e. The Morgan fingerprint density at radius 1 is 1.05 bits per heavy atom. The Morgan fingerprint density at radius 3 is 2.48 bits per heavy atom. The summed E-state index contributed by atoms with van der Waals surface area (Å²) in [4.78, 5) is 0. The van der Waals surface area contributed by atoms with Crippen LogP contribution >= 0.6 is 0 Å². The molecule has 0 aliphatic carbocycles. The predicted molar refractivity (Wildman–Crippen MR) is 80.6 cm³/mol. The van der Waals surface area contributed by atoms with Crippen molar-refractivity contribution in [2.45, 2.75) is 19.1 Å². The van der Waals surface area contributed by atoms with Crippen LogP contribution in [0.4, 0.5) is 0 Å². The van der Waals surface area contributed by atoms with E-state index in [0.717, 1.165) is 11.1 Å². The Labute approximate surface area is 124 Å². The highest BCUT2D eigenvalue weighted by molar-refractivity contribution is 5.47. The highest BCUT2D eigenvalue weighted by Crippen LogP contribution is 2.32. The lowest BCUT2D eigenvalue weighted by molar-refractivity contribution is 0.0946. The molecule has 0 amide bonds. The van der Waals surface area contributed by atoms with Crippen LogP contribution in [0.15, 0.2) is 48.5 Å². The fourth-order valence-corrected chi connectivity index (χ4v) is 2.09. The molecule has 0 bridgehead atoms. The number of hydrogen-bond acceptors (Lipinski definition) is 4. The van der Waals surface area contributed by atoms with E-state index in [2.05, 4.69) is 0 Å². The van der Waals surface area contributed by atoms with Crippen molar-refractivity contribution in [2.75, 3.05) is 13.7 Å². The van der Waals surface area contributed by atoms with Gasteiger partial charge in [-0.1, -0.05) is 42.5 Å². The van der Waals surface area contributed by atoms with Crippen molar-refractivity contribution in [1.82, 2.24) is 0 Å². The summed E-state index contributed by atoms with van der Waals surface area (Å²) in [5.74, 6) is 1.23. The number of benzene rings is 2. The van der Waals surface area contributed by atoms with Gasteiger partial charge in [0.1, 0.15) is 6.61 Å². The fraction of sp³-hybridized carbons (Fsp3) is 0.294. The molecule has 1 atom stereocenters. The molecule has 4 heteroatoms. The van der Waals surface area contributed by atoms with Crippen molar-refractivity contribution in [3.05, 3.63) is 59.7 Å². The normalized spacial score (nSPS) is 12.0. The molecule has 0 fully saturated rings. The number of rotatable bonds is 7. The van der Waals surface area contributed by atoms with Crippen LogP contribution in [0.2, 0.25) is 0 Å². The summed E-state index contributed by atoms with van der Waals surface area (Å²) >= 11 is 0. The number of ether oxygens (including phenoxy) is 2. The zero-order valence-electron chi connectivity index (χ0n) is 12.0. The Kier molecular flexibility index (Phi) is 5.60. The summed E-state index contributed by atoms with van der Waals surface area (Å²) in [6.45, 7) is 0.138. The molecule has 4 nitrogen and oxygen atoms in total. The van der Waals surface area contributed by atoms with E-state index < -0.39 is 6.10 Å². The van der Waals surface area contributed by atoms with E-state index in [9.17, 15) is 5.11 Å². The minimum atomic E-state index is -0.809. The summed E-state index contributed by atoms with van der Waals surface area (Å²) in [6.07, 6.45) is -0.492. The molecule has 0 heterocycles. The van der Waals surface area contributed by atoms with Crippen LogP contribution in [0.5, 0.6) is 11.5 Å². The second-order valence-electron chi connectivity index (χ2n) is 4.76. The van der Waals surface area contributed by atoms with Crippen molar-refractivity contribution >= 4 is 0 Å². The quantitative estimate of drug-likeness (QED) is 0.820. The lowest BCUT2D eigenvalue weighted by Gasteiger charge is -2.16. The van der Waals surface area contributed by atoms with Gasteiger partial charge < -0.3 is 19.7 Å². The van der Waals surface area contributed by atoms with Gasteiger partial charge in [-0.15, -0.1) is 0 Å². The van der Waals surface area contributed by atoms with Crippen molar-refractivity contribution in [3.63, 3.8) is 0 Å². The molecule has 2 aromatic carbocycles. The molecule has 0 aliphatic heterocycles. The van der Waals surface area contributed by atoms with Crippen molar-refractivity contribution in [2.24, 2.45) is 0 Å². The SMILES string of the molecule is COc1cccc(C[C@H](O)CO)c1OCc1ccccc1. The molecule has 0 spiro atoms. The highest BCUT2D eigenvalue weighted by Gasteiger charge is 2.14. The third-order valence-electron chi connectivity index (χ3n) is 3.17. The Morgan fingerprint density at radius 2 is 1.81 bits per heavy atom. The smallest absolute Gasteiger partial charge is 0.164 e. The van der Waals surface area contributed by atoms with Crippen molar-refractivity contribution in [1.29, 1.82) is 0 Å². The topological polar surface area (TPSA) is 58.9 Å². The zero-order valence-corrected chi connectivity index (χ0v) is 12.0. The molecule has 21 heavy (non-hydrogen) atoms. The van der Waals surface area contributed by atoms with Gasteiger partial charge in [0.05, 0.1) is 19.8 Å². The Hall–Kier alpha value is -2.04. The predicted octanol–water partition coefficient (Wildman–Crippen LogP) is 2.17. The van der Waals surface area contributed by atoms with Crippen LogP contribution in [-0.4, -0.2) is 30.0 Å². The highest BCUT2D eigenvalue weighted by atomic mass is 16.5. The molecular weight excluding hydrogens is 268 g/mol. The van der Waals surface area contributed by atoms with Crippen molar-refractivity contribution in [3.8, 4) is 11.5 Å². The second kappa shape index (κ2) is 7.67. The monoisotopic (exact) mass is 288 g/mol. The number of methoxy groups -OCH3 is 1. The fourth-order valence-electron chi connectivity index (χ4n) is 2.09. The average Bonchev–Trinajstić information content (AvgIpc) is 2.54. The number of aliphatic hydroxyl groups excluding tert-OH is 2. The summed E-state index contributed by atoms with van der Waals surface area (Å²) in [5.41, 5.74) is 1.86. The van der Waals surface area contributed by atoms with Gasteiger partial charge in [0.25, 0.3) is 0 Å². The summed E-state index contributed by atoms with van der Waals surface area (Å²) < 4.78 is 11.2. The minimum absolute atomic E-state index is 0.282. The Bertz CT molecular complexity index is 554. The van der Waals surface area contributed by atoms with Gasteiger partial charge in [0.2, 0.25) is 0 Å². The van der Waals surface area contributed by atoms with Gasteiger partial charge in [0.15, 0.2) is 11.5 Å². The van der Waals surface area contributed by atoms with Gasteiger partial charge in [-0.05, 0) is 11.6 Å². The average molecular weight is 288 g/mol. The van der Waals surface area contributed by atoms with Gasteiger partial charge in [-0.3, -0.25) is 0 Å². The van der Waals surface area contributed by atoms with Crippen LogP contribution in [0.3, 0.4) is 0 Å². The van der Waals surface area contributed by atoms with E-state index in [1.54, 1.807) is 7.11 Å². The largest absolute Gasteiger partial charge is 0.493 e. The molecule has 0 radical (unpaired) electrons. The number of hydrogen-bond donors (Lipinski definition) is 2. The number of aliphatic hydroxyl groups is 2. The van der Waals surface area contributed by atoms with Gasteiger partial charge in [-0.25, -0.2) is 0 Å².